The van der Waals surface area contributed by atoms with Crippen molar-refractivity contribution >= 4 is 5.91 Å². The van der Waals surface area contributed by atoms with Crippen LogP contribution in [0.1, 0.15) is 12.5 Å². The van der Waals surface area contributed by atoms with E-state index in [-0.39, 0.29) is 18.2 Å². The number of rotatable bonds is 6. The van der Waals surface area contributed by atoms with Crippen LogP contribution in [-0.2, 0) is 11.3 Å². The summed E-state index contributed by atoms with van der Waals surface area (Å²) in [4.78, 5) is 11.5. The zero-order valence-electron chi connectivity index (χ0n) is 10.3. The Labute approximate surface area is 106 Å². The Morgan fingerprint density at radius 1 is 1.61 bits per heavy atom. The number of hydrogen-bond acceptors (Lipinski definition) is 3. The molecule has 1 atom stereocenters. The van der Waals surface area contributed by atoms with Gasteiger partial charge in [0.05, 0.1) is 0 Å². The van der Waals surface area contributed by atoms with Crippen LogP contribution in [0, 0.1) is 5.82 Å². The molecule has 18 heavy (non-hydrogen) atoms. The molecule has 0 fully saturated rings. The van der Waals surface area contributed by atoms with Crippen LogP contribution in [0.2, 0.25) is 0 Å². The maximum Gasteiger partial charge on any atom is 0.261 e. The lowest BCUT2D eigenvalue weighted by Gasteiger charge is -2.14. The van der Waals surface area contributed by atoms with Gasteiger partial charge in [-0.05, 0) is 24.6 Å². The normalized spacial score (nSPS) is 11.7. The monoisotopic (exact) mass is 252 g/mol. The third-order valence-electron chi connectivity index (χ3n) is 2.27. The van der Waals surface area contributed by atoms with E-state index in [4.69, 9.17) is 10.5 Å². The highest BCUT2D eigenvalue weighted by Gasteiger charge is 2.14. The Morgan fingerprint density at radius 3 is 2.94 bits per heavy atom. The fraction of sp³-hybridized carbons (Fsp3) is 0.308. The lowest BCUT2D eigenvalue weighted by molar-refractivity contribution is -0.127. The van der Waals surface area contributed by atoms with Crippen molar-refractivity contribution in [3.8, 4) is 5.75 Å². The van der Waals surface area contributed by atoms with Crippen molar-refractivity contribution in [2.75, 3.05) is 6.54 Å². The van der Waals surface area contributed by atoms with E-state index in [1.165, 1.54) is 12.1 Å². The standard InChI is InChI=1S/C13H17FN2O2/c1-3-4-16-13(17)9(2)18-12-6-10(8-15)5-11(14)7-12/h3,5-7,9H,1,4,8,15H2,2H3,(H,16,17). The van der Waals surface area contributed by atoms with Crippen molar-refractivity contribution in [2.45, 2.75) is 19.6 Å². The van der Waals surface area contributed by atoms with E-state index >= 15 is 0 Å². The maximum atomic E-state index is 13.2. The average molecular weight is 252 g/mol. The molecule has 5 heteroatoms. The van der Waals surface area contributed by atoms with Gasteiger partial charge in [-0.2, -0.15) is 0 Å². The first-order chi connectivity index (χ1) is 8.56. The highest BCUT2D eigenvalue weighted by Crippen LogP contribution is 2.17. The van der Waals surface area contributed by atoms with Crippen molar-refractivity contribution in [3.05, 3.63) is 42.2 Å². The molecule has 0 aromatic heterocycles. The number of carbonyl (C=O) groups is 1. The number of halogens is 1. The fourth-order valence-corrected chi connectivity index (χ4v) is 1.38. The van der Waals surface area contributed by atoms with Crippen LogP contribution in [0.5, 0.6) is 5.75 Å². The van der Waals surface area contributed by atoms with Gasteiger partial charge in [-0.25, -0.2) is 4.39 Å². The van der Waals surface area contributed by atoms with Gasteiger partial charge in [-0.3, -0.25) is 4.79 Å². The largest absolute Gasteiger partial charge is 0.481 e. The van der Waals surface area contributed by atoms with Gasteiger partial charge >= 0.3 is 0 Å². The Hall–Kier alpha value is -1.88. The molecule has 0 spiro atoms. The number of nitrogens with two attached hydrogens (primary N) is 1. The second kappa shape index (κ2) is 6.76. The summed E-state index contributed by atoms with van der Waals surface area (Å²) in [6, 6.07) is 4.16. The van der Waals surface area contributed by atoms with E-state index in [1.807, 2.05) is 0 Å². The molecule has 0 aliphatic carbocycles. The predicted octanol–water partition coefficient (Wildman–Crippen LogP) is 1.35. The summed E-state index contributed by atoms with van der Waals surface area (Å²) in [5.41, 5.74) is 6.05. The molecule has 1 unspecified atom stereocenters. The number of benzene rings is 1. The van der Waals surface area contributed by atoms with Crippen LogP contribution in [0.25, 0.3) is 0 Å². The topological polar surface area (TPSA) is 64.3 Å². The van der Waals surface area contributed by atoms with Gasteiger partial charge in [0.25, 0.3) is 5.91 Å². The Morgan fingerprint density at radius 2 is 2.33 bits per heavy atom. The third-order valence-corrected chi connectivity index (χ3v) is 2.27. The molecule has 1 aromatic carbocycles. The van der Waals surface area contributed by atoms with Crippen LogP contribution in [0.3, 0.4) is 0 Å². The summed E-state index contributed by atoms with van der Waals surface area (Å²) < 4.78 is 18.6. The molecule has 1 rings (SSSR count). The molecule has 0 heterocycles. The first kappa shape index (κ1) is 14.2. The fourth-order valence-electron chi connectivity index (χ4n) is 1.38. The highest BCUT2D eigenvalue weighted by molar-refractivity contribution is 5.80. The van der Waals surface area contributed by atoms with E-state index in [0.29, 0.717) is 12.1 Å². The average Bonchev–Trinajstić information content (AvgIpc) is 2.34. The SMILES string of the molecule is C=CCNC(=O)C(C)Oc1cc(F)cc(CN)c1. The number of hydrogen-bond donors (Lipinski definition) is 2. The molecule has 0 saturated carbocycles. The summed E-state index contributed by atoms with van der Waals surface area (Å²) in [5.74, 6) is -0.434. The van der Waals surface area contributed by atoms with E-state index in [0.717, 1.165) is 0 Å². The van der Waals surface area contributed by atoms with Crippen molar-refractivity contribution in [1.29, 1.82) is 0 Å². The number of nitrogens with one attached hydrogen (secondary N) is 1. The lowest BCUT2D eigenvalue weighted by atomic mass is 10.2. The van der Waals surface area contributed by atoms with Crippen molar-refractivity contribution in [3.63, 3.8) is 0 Å². The summed E-state index contributed by atoms with van der Waals surface area (Å²) in [6.45, 7) is 5.66. The van der Waals surface area contributed by atoms with Crippen LogP contribution >= 0.6 is 0 Å². The summed E-state index contributed by atoms with van der Waals surface area (Å²) >= 11 is 0. The molecule has 3 N–H and O–H groups in total. The zero-order valence-corrected chi connectivity index (χ0v) is 10.3. The molecular formula is C13H17FN2O2. The van der Waals surface area contributed by atoms with Crippen LogP contribution < -0.4 is 15.8 Å². The third kappa shape index (κ3) is 4.18. The molecule has 0 aliphatic heterocycles. The van der Waals surface area contributed by atoms with Gasteiger partial charge in [0.1, 0.15) is 11.6 Å². The highest BCUT2D eigenvalue weighted by atomic mass is 19.1. The molecule has 0 bridgehead atoms. The van der Waals surface area contributed by atoms with E-state index in [9.17, 15) is 9.18 Å². The molecule has 0 radical (unpaired) electrons. The summed E-state index contributed by atoms with van der Waals surface area (Å²) in [6.07, 6.45) is 0.858. The minimum atomic E-state index is -0.711. The minimum Gasteiger partial charge on any atom is -0.481 e. The molecule has 0 saturated heterocycles. The molecule has 98 valence electrons. The Bertz CT molecular complexity index is 435. The van der Waals surface area contributed by atoms with Crippen molar-refractivity contribution < 1.29 is 13.9 Å². The number of ether oxygens (including phenoxy) is 1. The molecule has 1 amide bonds. The van der Waals surface area contributed by atoms with Crippen LogP contribution in [0.15, 0.2) is 30.9 Å². The first-order valence-electron chi connectivity index (χ1n) is 5.61. The molecular weight excluding hydrogens is 235 g/mol. The number of carbonyl (C=O) groups excluding carboxylic acids is 1. The Kier molecular flexibility index (Phi) is 5.32. The molecule has 0 aliphatic rings. The first-order valence-corrected chi connectivity index (χ1v) is 5.61. The van der Waals surface area contributed by atoms with Crippen LogP contribution in [0.4, 0.5) is 4.39 Å². The van der Waals surface area contributed by atoms with Crippen LogP contribution in [-0.4, -0.2) is 18.6 Å². The molecule has 4 nitrogen and oxygen atoms in total. The van der Waals surface area contributed by atoms with Gasteiger partial charge in [-0.15, -0.1) is 6.58 Å². The number of amides is 1. The predicted molar refractivity (Wildman–Crippen MR) is 67.6 cm³/mol. The zero-order chi connectivity index (χ0) is 13.5. The summed E-state index contributed by atoms with van der Waals surface area (Å²) in [5, 5.41) is 2.60. The van der Waals surface area contributed by atoms with Gasteiger partial charge in [0.2, 0.25) is 0 Å². The lowest BCUT2D eigenvalue weighted by Crippen LogP contribution is -2.36. The summed E-state index contributed by atoms with van der Waals surface area (Å²) in [7, 11) is 0. The van der Waals surface area contributed by atoms with Gasteiger partial charge < -0.3 is 15.8 Å². The van der Waals surface area contributed by atoms with Gasteiger partial charge in [0.15, 0.2) is 6.10 Å². The maximum absolute atomic E-state index is 13.2. The smallest absolute Gasteiger partial charge is 0.261 e. The Balaban J connectivity index is 2.68. The second-order valence-corrected chi connectivity index (χ2v) is 3.79. The second-order valence-electron chi connectivity index (χ2n) is 3.79. The van der Waals surface area contributed by atoms with E-state index < -0.39 is 11.9 Å². The van der Waals surface area contributed by atoms with E-state index in [2.05, 4.69) is 11.9 Å². The molecule has 1 aromatic rings. The van der Waals surface area contributed by atoms with Crippen molar-refractivity contribution in [2.24, 2.45) is 5.73 Å². The van der Waals surface area contributed by atoms with Gasteiger partial charge in [-0.1, -0.05) is 6.08 Å². The van der Waals surface area contributed by atoms with E-state index in [1.54, 1.807) is 19.1 Å². The minimum absolute atomic E-state index is 0.213. The van der Waals surface area contributed by atoms with Crippen molar-refractivity contribution in [1.82, 2.24) is 5.32 Å². The van der Waals surface area contributed by atoms with Gasteiger partial charge in [0, 0.05) is 19.2 Å². The quantitative estimate of drug-likeness (QED) is 0.751.